The molecule has 88 valence electrons. The third kappa shape index (κ3) is 3.90. The van der Waals surface area contributed by atoms with Crippen LogP contribution in [-0.4, -0.2) is 19.3 Å². The number of rotatable bonds is 5. The molecule has 1 amide bonds. The van der Waals surface area contributed by atoms with Crippen molar-refractivity contribution in [1.82, 2.24) is 5.32 Å². The van der Waals surface area contributed by atoms with E-state index in [1.807, 2.05) is 37.3 Å². The molecule has 0 bridgehead atoms. The van der Waals surface area contributed by atoms with Gasteiger partial charge in [-0.1, -0.05) is 30.3 Å². The topological polar surface area (TPSA) is 47.6 Å². The molecule has 0 fully saturated rings. The second-order valence-corrected chi connectivity index (χ2v) is 3.11. The molecule has 1 aromatic rings. The van der Waals surface area contributed by atoms with Crippen molar-refractivity contribution in [2.24, 2.45) is 0 Å². The van der Waals surface area contributed by atoms with Crippen LogP contribution in [0.25, 0.3) is 0 Å². The van der Waals surface area contributed by atoms with Crippen LogP contribution in [0.3, 0.4) is 0 Å². The fourth-order valence-electron chi connectivity index (χ4n) is 1.30. The van der Waals surface area contributed by atoms with Gasteiger partial charge in [0.2, 0.25) is 0 Å². The quantitative estimate of drug-likeness (QED) is 0.780. The molecule has 1 rings (SSSR count). The highest BCUT2D eigenvalue weighted by Gasteiger charge is 2.14. The highest BCUT2D eigenvalue weighted by Crippen LogP contribution is 2.13. The first-order chi connectivity index (χ1) is 7.77. The van der Waals surface area contributed by atoms with E-state index in [0.29, 0.717) is 13.2 Å². The van der Waals surface area contributed by atoms with Gasteiger partial charge in [-0.15, -0.1) is 0 Å². The maximum Gasteiger partial charge on any atom is 0.409 e. The highest BCUT2D eigenvalue weighted by atomic mass is 16.6. The van der Waals surface area contributed by atoms with Crippen molar-refractivity contribution in [2.45, 2.75) is 20.1 Å². The third-order valence-corrected chi connectivity index (χ3v) is 1.96. The van der Waals surface area contributed by atoms with E-state index in [-0.39, 0.29) is 0 Å². The number of carbonyl (C=O) groups is 1. The van der Waals surface area contributed by atoms with Gasteiger partial charge in [-0.2, -0.15) is 0 Å². The predicted molar refractivity (Wildman–Crippen MR) is 61.0 cm³/mol. The van der Waals surface area contributed by atoms with Crippen LogP contribution < -0.4 is 5.32 Å². The first-order valence-corrected chi connectivity index (χ1v) is 5.37. The van der Waals surface area contributed by atoms with Crippen molar-refractivity contribution in [3.05, 3.63) is 35.9 Å². The Labute approximate surface area is 95.6 Å². The SMILES string of the molecule is CCOC(=O)NC(OCC)c1ccccc1. The number of carbonyl (C=O) groups excluding carboxylic acids is 1. The lowest BCUT2D eigenvalue weighted by molar-refractivity contribution is 0.0331. The minimum absolute atomic E-state index is 0.347. The van der Waals surface area contributed by atoms with E-state index in [1.54, 1.807) is 6.92 Å². The molecule has 0 spiro atoms. The summed E-state index contributed by atoms with van der Waals surface area (Å²) in [7, 11) is 0. The van der Waals surface area contributed by atoms with E-state index in [4.69, 9.17) is 9.47 Å². The normalized spacial score (nSPS) is 11.9. The van der Waals surface area contributed by atoms with Gasteiger partial charge >= 0.3 is 6.09 Å². The summed E-state index contributed by atoms with van der Waals surface area (Å²) in [5.41, 5.74) is 0.900. The molecule has 0 heterocycles. The van der Waals surface area contributed by atoms with Crippen LogP contribution in [0.5, 0.6) is 0 Å². The van der Waals surface area contributed by atoms with Gasteiger partial charge in [-0.25, -0.2) is 4.79 Å². The highest BCUT2D eigenvalue weighted by molar-refractivity contribution is 5.67. The Balaban J connectivity index is 2.64. The average molecular weight is 223 g/mol. The molecule has 1 unspecified atom stereocenters. The second-order valence-electron chi connectivity index (χ2n) is 3.11. The molecule has 1 atom stereocenters. The molecule has 1 N–H and O–H groups in total. The maximum absolute atomic E-state index is 11.3. The Hall–Kier alpha value is -1.55. The van der Waals surface area contributed by atoms with E-state index < -0.39 is 12.3 Å². The third-order valence-electron chi connectivity index (χ3n) is 1.96. The van der Waals surface area contributed by atoms with Gasteiger partial charge in [0.15, 0.2) is 6.23 Å². The van der Waals surface area contributed by atoms with Crippen LogP contribution in [-0.2, 0) is 9.47 Å². The van der Waals surface area contributed by atoms with Crippen LogP contribution >= 0.6 is 0 Å². The molecule has 4 nitrogen and oxygen atoms in total. The fraction of sp³-hybridized carbons (Fsp3) is 0.417. The van der Waals surface area contributed by atoms with Crippen molar-refractivity contribution in [2.75, 3.05) is 13.2 Å². The van der Waals surface area contributed by atoms with Gasteiger partial charge < -0.3 is 9.47 Å². The van der Waals surface area contributed by atoms with Crippen LogP contribution in [0.2, 0.25) is 0 Å². The number of alkyl carbamates (subject to hydrolysis) is 1. The fourth-order valence-corrected chi connectivity index (χ4v) is 1.30. The average Bonchev–Trinajstić information content (AvgIpc) is 2.30. The van der Waals surface area contributed by atoms with E-state index in [0.717, 1.165) is 5.56 Å². The maximum atomic E-state index is 11.3. The van der Waals surface area contributed by atoms with Crippen molar-refractivity contribution in [3.63, 3.8) is 0 Å². The Morgan fingerprint density at radius 3 is 2.50 bits per heavy atom. The first-order valence-electron chi connectivity index (χ1n) is 5.37. The monoisotopic (exact) mass is 223 g/mol. The van der Waals surface area contributed by atoms with Gasteiger partial charge in [0, 0.05) is 12.2 Å². The van der Waals surface area contributed by atoms with Gasteiger partial charge in [-0.3, -0.25) is 5.32 Å². The van der Waals surface area contributed by atoms with Crippen LogP contribution in [0.4, 0.5) is 4.79 Å². The summed E-state index contributed by atoms with van der Waals surface area (Å²) in [6.07, 6.45) is -0.921. The largest absolute Gasteiger partial charge is 0.450 e. The first kappa shape index (κ1) is 12.5. The number of benzene rings is 1. The van der Waals surface area contributed by atoms with Crippen LogP contribution in [0, 0.1) is 0 Å². The van der Waals surface area contributed by atoms with E-state index in [2.05, 4.69) is 5.32 Å². The van der Waals surface area contributed by atoms with E-state index >= 15 is 0 Å². The second kappa shape index (κ2) is 6.85. The molecule has 0 radical (unpaired) electrons. The Morgan fingerprint density at radius 2 is 1.94 bits per heavy atom. The zero-order chi connectivity index (χ0) is 11.8. The van der Waals surface area contributed by atoms with Crippen molar-refractivity contribution in [3.8, 4) is 0 Å². The van der Waals surface area contributed by atoms with Crippen LogP contribution in [0.1, 0.15) is 25.6 Å². The van der Waals surface area contributed by atoms with Crippen molar-refractivity contribution >= 4 is 6.09 Å². The number of hydrogen-bond donors (Lipinski definition) is 1. The lowest BCUT2D eigenvalue weighted by Gasteiger charge is -2.18. The van der Waals surface area contributed by atoms with Gasteiger partial charge in [0.05, 0.1) is 6.61 Å². The molecule has 0 aliphatic rings. The predicted octanol–water partition coefficient (Wildman–Crippen LogP) is 2.47. The summed E-state index contributed by atoms with van der Waals surface area (Å²) >= 11 is 0. The number of ether oxygens (including phenoxy) is 2. The summed E-state index contributed by atoms with van der Waals surface area (Å²) in [6, 6.07) is 9.50. The molecule has 0 aliphatic heterocycles. The minimum Gasteiger partial charge on any atom is -0.450 e. The molecule has 16 heavy (non-hydrogen) atoms. The Morgan fingerprint density at radius 1 is 1.25 bits per heavy atom. The molecular weight excluding hydrogens is 206 g/mol. The van der Waals surface area contributed by atoms with Crippen molar-refractivity contribution < 1.29 is 14.3 Å². The molecule has 0 saturated heterocycles. The summed E-state index contributed by atoms with van der Waals surface area (Å²) in [4.78, 5) is 11.3. The van der Waals surface area contributed by atoms with Crippen LogP contribution in [0.15, 0.2) is 30.3 Å². The molecule has 0 aromatic heterocycles. The van der Waals surface area contributed by atoms with Gasteiger partial charge in [-0.05, 0) is 13.8 Å². The van der Waals surface area contributed by atoms with Crippen molar-refractivity contribution in [1.29, 1.82) is 0 Å². The molecular formula is C12H17NO3. The smallest absolute Gasteiger partial charge is 0.409 e. The summed E-state index contributed by atoms with van der Waals surface area (Å²) < 4.78 is 10.2. The zero-order valence-corrected chi connectivity index (χ0v) is 9.60. The summed E-state index contributed by atoms with van der Waals surface area (Å²) in [6.45, 7) is 4.51. The molecule has 1 aromatic carbocycles. The van der Waals surface area contributed by atoms with Gasteiger partial charge in [0.1, 0.15) is 0 Å². The van der Waals surface area contributed by atoms with E-state index in [1.165, 1.54) is 0 Å². The minimum atomic E-state index is -0.468. The Bertz CT molecular complexity index is 313. The van der Waals surface area contributed by atoms with E-state index in [9.17, 15) is 4.79 Å². The summed E-state index contributed by atoms with van der Waals surface area (Å²) in [5.74, 6) is 0. The number of amides is 1. The Kier molecular flexibility index (Phi) is 5.36. The number of nitrogens with one attached hydrogen (secondary N) is 1. The standard InChI is InChI=1S/C12H17NO3/c1-3-15-11(13-12(14)16-4-2)10-8-6-5-7-9-10/h5-9,11H,3-4H2,1-2H3,(H,13,14). The lowest BCUT2D eigenvalue weighted by Crippen LogP contribution is -2.30. The summed E-state index contributed by atoms with van der Waals surface area (Å²) in [5, 5.41) is 2.65. The zero-order valence-electron chi connectivity index (χ0n) is 9.60. The molecule has 0 saturated carbocycles. The van der Waals surface area contributed by atoms with Gasteiger partial charge in [0.25, 0.3) is 0 Å². The number of hydrogen-bond acceptors (Lipinski definition) is 3. The lowest BCUT2D eigenvalue weighted by atomic mass is 10.2. The molecule has 0 aliphatic carbocycles. The molecule has 4 heteroatoms.